The SMILES string of the molecule is Cc1cc(N2[C@H]3CC[C@]2(C)CC(C)(C)C3)[n+]2c([nH]c3ccccc32)c1C#N. The van der Waals surface area contributed by atoms with Gasteiger partial charge in [-0.25, -0.2) is 0 Å². The summed E-state index contributed by atoms with van der Waals surface area (Å²) in [5, 5.41) is 9.78. The molecule has 1 N–H and O–H groups in total. The Morgan fingerprint density at radius 3 is 2.78 bits per heavy atom. The Hall–Kier alpha value is -2.54. The molecule has 4 nitrogen and oxygen atoms in total. The van der Waals surface area contributed by atoms with Gasteiger partial charge in [0.1, 0.15) is 22.7 Å². The molecule has 0 aliphatic carbocycles. The number of anilines is 1. The van der Waals surface area contributed by atoms with Gasteiger partial charge in [-0.1, -0.05) is 26.0 Å². The molecule has 4 heterocycles. The predicted octanol–water partition coefficient (Wildman–Crippen LogP) is 4.63. The van der Waals surface area contributed by atoms with Crippen molar-refractivity contribution in [2.75, 3.05) is 4.90 Å². The fourth-order valence-corrected chi connectivity index (χ4v) is 6.07. The van der Waals surface area contributed by atoms with Crippen molar-refractivity contribution >= 4 is 22.5 Å². The van der Waals surface area contributed by atoms with Crippen molar-refractivity contribution in [3.8, 4) is 6.07 Å². The Bertz CT molecular complexity index is 1120. The number of para-hydroxylation sites is 2. The number of aromatic amines is 1. The van der Waals surface area contributed by atoms with Crippen LogP contribution >= 0.6 is 0 Å². The van der Waals surface area contributed by atoms with Crippen molar-refractivity contribution in [3.05, 3.63) is 41.5 Å². The molecule has 1 aromatic carbocycles. The van der Waals surface area contributed by atoms with Crippen LogP contribution in [0, 0.1) is 23.7 Å². The number of aryl methyl sites for hydroxylation is 1. The third-order valence-corrected chi connectivity index (χ3v) is 6.80. The molecule has 2 aliphatic heterocycles. The summed E-state index contributed by atoms with van der Waals surface area (Å²) in [5.41, 5.74) is 5.49. The van der Waals surface area contributed by atoms with Crippen molar-refractivity contribution < 1.29 is 4.40 Å². The van der Waals surface area contributed by atoms with Crippen LogP contribution < -0.4 is 9.30 Å². The maximum atomic E-state index is 9.78. The highest BCUT2D eigenvalue weighted by molar-refractivity contribution is 5.77. The predicted molar refractivity (Wildman–Crippen MR) is 108 cm³/mol. The molecule has 27 heavy (non-hydrogen) atoms. The maximum Gasteiger partial charge on any atom is 0.250 e. The largest absolute Gasteiger partial charge is 0.284 e. The van der Waals surface area contributed by atoms with Crippen molar-refractivity contribution in [3.63, 3.8) is 0 Å². The normalized spacial score (nSPS) is 26.6. The second-order valence-corrected chi connectivity index (χ2v) is 9.60. The number of H-pyrrole nitrogens is 1. The molecule has 2 aliphatic rings. The van der Waals surface area contributed by atoms with Crippen LogP contribution in [0.15, 0.2) is 30.3 Å². The third-order valence-electron chi connectivity index (χ3n) is 6.80. The summed E-state index contributed by atoms with van der Waals surface area (Å²) < 4.78 is 2.29. The molecule has 0 amide bonds. The number of hydrogen-bond acceptors (Lipinski definition) is 2. The number of aromatic nitrogens is 2. The molecule has 2 fully saturated rings. The minimum atomic E-state index is 0.172. The number of benzene rings is 1. The smallest absolute Gasteiger partial charge is 0.250 e. The molecule has 4 heteroatoms. The van der Waals surface area contributed by atoms with E-state index in [0.717, 1.165) is 27.8 Å². The highest BCUT2D eigenvalue weighted by Gasteiger charge is 2.55. The Labute approximate surface area is 160 Å². The molecule has 0 spiro atoms. The summed E-state index contributed by atoms with van der Waals surface area (Å²) in [7, 11) is 0. The van der Waals surface area contributed by atoms with Crippen LogP contribution in [-0.4, -0.2) is 16.6 Å². The summed E-state index contributed by atoms with van der Waals surface area (Å²) in [6, 6.07) is 13.6. The van der Waals surface area contributed by atoms with Gasteiger partial charge in [0.25, 0.3) is 0 Å². The Kier molecular flexibility index (Phi) is 3.23. The number of fused-ring (bicyclic) bond motifs is 5. The highest BCUT2D eigenvalue weighted by atomic mass is 15.3. The second kappa shape index (κ2) is 5.25. The Morgan fingerprint density at radius 1 is 1.26 bits per heavy atom. The molecule has 2 saturated heterocycles. The fraction of sp³-hybridized carbons (Fsp3) is 0.478. The molecule has 2 bridgehead atoms. The molecule has 3 aromatic rings. The van der Waals surface area contributed by atoms with Crippen molar-refractivity contribution in [2.24, 2.45) is 5.41 Å². The summed E-state index contributed by atoms with van der Waals surface area (Å²) in [4.78, 5) is 6.19. The molecule has 2 atom stereocenters. The van der Waals surface area contributed by atoms with E-state index in [4.69, 9.17) is 0 Å². The molecule has 0 unspecified atom stereocenters. The van der Waals surface area contributed by atoms with Gasteiger partial charge in [-0.3, -0.25) is 9.88 Å². The van der Waals surface area contributed by atoms with E-state index in [1.165, 1.54) is 31.5 Å². The number of hydrogen-bond donors (Lipinski definition) is 1. The molecule has 5 rings (SSSR count). The standard InChI is InChI=1S/C23H26N4/c1-15-11-20(27-16-9-10-23(27,4)14-22(2,3)12-16)26-19-8-6-5-7-18(19)25-21(26)17(15)13-24/h5-8,11,16H,9-10,12,14H2,1-4H3/p+1/t16-,23+/m0/s1. The summed E-state index contributed by atoms with van der Waals surface area (Å²) in [6.45, 7) is 9.33. The Balaban J connectivity index is 1.84. The molecular formula is C23H27N4+. The number of rotatable bonds is 1. The van der Waals surface area contributed by atoms with Crippen LogP contribution in [0.4, 0.5) is 5.82 Å². The van der Waals surface area contributed by atoms with E-state index in [9.17, 15) is 5.26 Å². The van der Waals surface area contributed by atoms with E-state index in [2.05, 4.69) is 72.3 Å². The van der Waals surface area contributed by atoms with Gasteiger partial charge in [0.2, 0.25) is 11.5 Å². The lowest BCUT2D eigenvalue weighted by molar-refractivity contribution is -0.468. The lowest BCUT2D eigenvalue weighted by Crippen LogP contribution is -2.56. The fourth-order valence-electron chi connectivity index (χ4n) is 6.07. The molecule has 138 valence electrons. The lowest BCUT2D eigenvalue weighted by Gasteiger charge is -2.47. The Morgan fingerprint density at radius 2 is 2.04 bits per heavy atom. The third kappa shape index (κ3) is 2.24. The maximum absolute atomic E-state index is 9.78. The number of nitrogens with zero attached hydrogens (tertiary/aromatic N) is 3. The van der Waals surface area contributed by atoms with E-state index in [0.29, 0.717) is 11.5 Å². The van der Waals surface area contributed by atoms with Crippen LogP contribution in [0.2, 0.25) is 0 Å². The molecule has 0 saturated carbocycles. The van der Waals surface area contributed by atoms with E-state index < -0.39 is 0 Å². The van der Waals surface area contributed by atoms with E-state index in [1.54, 1.807) is 0 Å². The first-order valence-electron chi connectivity index (χ1n) is 9.99. The van der Waals surface area contributed by atoms with Crippen molar-refractivity contribution in [2.45, 2.75) is 65.0 Å². The van der Waals surface area contributed by atoms with Crippen LogP contribution in [0.25, 0.3) is 16.7 Å². The van der Waals surface area contributed by atoms with Gasteiger partial charge < -0.3 is 0 Å². The van der Waals surface area contributed by atoms with E-state index >= 15 is 0 Å². The van der Waals surface area contributed by atoms with Crippen molar-refractivity contribution in [1.82, 2.24) is 4.98 Å². The zero-order chi connectivity index (χ0) is 19.0. The molecule has 0 radical (unpaired) electrons. The highest BCUT2D eigenvalue weighted by Crippen LogP contribution is 2.52. The number of nitriles is 1. The number of piperidine rings is 1. The van der Waals surface area contributed by atoms with E-state index in [-0.39, 0.29) is 5.54 Å². The monoisotopic (exact) mass is 359 g/mol. The van der Waals surface area contributed by atoms with Gasteiger partial charge in [-0.05, 0) is 62.6 Å². The average molecular weight is 359 g/mol. The molecule has 2 aromatic heterocycles. The van der Waals surface area contributed by atoms with Crippen LogP contribution in [0.3, 0.4) is 0 Å². The zero-order valence-corrected chi connectivity index (χ0v) is 16.6. The summed E-state index contributed by atoms with van der Waals surface area (Å²) in [6.07, 6.45) is 4.93. The number of nitrogens with one attached hydrogen (secondary N) is 1. The lowest BCUT2D eigenvalue weighted by atomic mass is 9.73. The van der Waals surface area contributed by atoms with Gasteiger partial charge in [0.15, 0.2) is 0 Å². The molecular weight excluding hydrogens is 332 g/mol. The van der Waals surface area contributed by atoms with Crippen molar-refractivity contribution in [1.29, 1.82) is 5.26 Å². The first kappa shape index (κ1) is 16.6. The van der Waals surface area contributed by atoms with E-state index in [1.807, 2.05) is 6.07 Å². The number of imidazole rings is 1. The van der Waals surface area contributed by atoms with Gasteiger partial charge in [-0.2, -0.15) is 9.66 Å². The second-order valence-electron chi connectivity index (χ2n) is 9.60. The minimum absolute atomic E-state index is 0.172. The summed E-state index contributed by atoms with van der Waals surface area (Å²) in [5.74, 6) is 1.24. The van der Waals surface area contributed by atoms with Crippen LogP contribution in [-0.2, 0) is 0 Å². The van der Waals surface area contributed by atoms with Gasteiger partial charge in [0.05, 0.1) is 11.6 Å². The zero-order valence-electron chi connectivity index (χ0n) is 16.6. The first-order valence-corrected chi connectivity index (χ1v) is 9.99. The van der Waals surface area contributed by atoms with Gasteiger partial charge in [-0.15, -0.1) is 0 Å². The quantitative estimate of drug-likeness (QED) is 0.644. The van der Waals surface area contributed by atoms with Crippen LogP contribution in [0.5, 0.6) is 0 Å². The first-order chi connectivity index (χ1) is 12.8. The average Bonchev–Trinajstić information content (AvgIpc) is 3.07. The van der Waals surface area contributed by atoms with Crippen LogP contribution in [0.1, 0.15) is 57.6 Å². The van der Waals surface area contributed by atoms with Gasteiger partial charge in [0, 0.05) is 6.07 Å². The summed E-state index contributed by atoms with van der Waals surface area (Å²) >= 11 is 0. The topological polar surface area (TPSA) is 46.9 Å². The van der Waals surface area contributed by atoms with Gasteiger partial charge >= 0.3 is 0 Å². The minimum Gasteiger partial charge on any atom is -0.284 e. The number of pyridine rings is 1.